The molecule has 0 spiro atoms. The lowest BCUT2D eigenvalue weighted by Gasteiger charge is -2.34. The Kier molecular flexibility index (Phi) is 6.85. The van der Waals surface area contributed by atoms with Crippen molar-refractivity contribution in [3.63, 3.8) is 0 Å². The van der Waals surface area contributed by atoms with E-state index in [-0.39, 0.29) is 11.0 Å². The average Bonchev–Trinajstić information content (AvgIpc) is 2.35. The lowest BCUT2D eigenvalue weighted by Crippen LogP contribution is -2.46. The molecule has 0 aliphatic carbocycles. The minimum Gasteiger partial charge on any atom is -0.389 e. The summed E-state index contributed by atoms with van der Waals surface area (Å²) in [5.74, 6) is 0. The molecule has 0 heterocycles. The van der Waals surface area contributed by atoms with E-state index >= 15 is 0 Å². The van der Waals surface area contributed by atoms with E-state index in [1.807, 2.05) is 30.3 Å². The topological polar surface area (TPSA) is 41.5 Å². The van der Waals surface area contributed by atoms with Crippen molar-refractivity contribution in [2.24, 2.45) is 5.41 Å². The van der Waals surface area contributed by atoms with E-state index in [1.165, 1.54) is 0 Å². The van der Waals surface area contributed by atoms with Crippen LogP contribution in [-0.4, -0.2) is 29.9 Å². The summed E-state index contributed by atoms with van der Waals surface area (Å²) in [5, 5.41) is 13.4. The number of hydrogen-bond donors (Lipinski definition) is 2. The van der Waals surface area contributed by atoms with Gasteiger partial charge in [-0.25, -0.2) is 0 Å². The molecule has 0 unspecified atom stereocenters. The molecule has 120 valence electrons. The molecule has 0 radical (unpaired) electrons. The Morgan fingerprint density at radius 1 is 1.10 bits per heavy atom. The minimum absolute atomic E-state index is 0.0126. The molecule has 1 rings (SSSR count). The fraction of sp³-hybridized carbons (Fsp3) is 0.667. The van der Waals surface area contributed by atoms with Crippen LogP contribution in [0, 0.1) is 5.41 Å². The molecule has 0 bridgehead atoms. The van der Waals surface area contributed by atoms with Gasteiger partial charge in [0.05, 0.1) is 19.3 Å². The smallest absolute Gasteiger partial charge is 0.0898 e. The minimum atomic E-state index is -0.479. The first kappa shape index (κ1) is 18.1. The molecule has 1 atom stereocenters. The van der Waals surface area contributed by atoms with Crippen LogP contribution in [0.5, 0.6) is 0 Å². The zero-order chi connectivity index (χ0) is 15.9. The van der Waals surface area contributed by atoms with Crippen molar-refractivity contribution < 1.29 is 9.84 Å². The van der Waals surface area contributed by atoms with Crippen LogP contribution in [0.1, 0.15) is 46.6 Å². The van der Waals surface area contributed by atoms with Gasteiger partial charge in [0.25, 0.3) is 0 Å². The van der Waals surface area contributed by atoms with Gasteiger partial charge in [0.15, 0.2) is 0 Å². The maximum absolute atomic E-state index is 10.0. The molecule has 0 saturated heterocycles. The Labute approximate surface area is 129 Å². The normalized spacial score (nSPS) is 14.2. The van der Waals surface area contributed by atoms with Gasteiger partial charge < -0.3 is 15.2 Å². The highest BCUT2D eigenvalue weighted by atomic mass is 16.5. The second-order valence-electron chi connectivity index (χ2n) is 7.66. The first-order valence-corrected chi connectivity index (χ1v) is 7.73. The van der Waals surface area contributed by atoms with E-state index in [9.17, 15) is 5.11 Å². The Morgan fingerprint density at radius 2 is 1.71 bits per heavy atom. The number of ether oxygens (including phenoxy) is 1. The van der Waals surface area contributed by atoms with E-state index in [0.29, 0.717) is 19.8 Å². The summed E-state index contributed by atoms with van der Waals surface area (Å²) in [7, 11) is 0. The van der Waals surface area contributed by atoms with Crippen molar-refractivity contribution in [1.29, 1.82) is 0 Å². The van der Waals surface area contributed by atoms with Crippen molar-refractivity contribution in [3.8, 4) is 0 Å². The zero-order valence-electron chi connectivity index (χ0n) is 14.1. The molecule has 0 aliphatic rings. The van der Waals surface area contributed by atoms with E-state index in [0.717, 1.165) is 12.0 Å². The van der Waals surface area contributed by atoms with Crippen molar-refractivity contribution in [2.75, 3.05) is 13.2 Å². The third-order valence-electron chi connectivity index (χ3n) is 3.21. The summed E-state index contributed by atoms with van der Waals surface area (Å²) < 4.78 is 5.56. The van der Waals surface area contributed by atoms with Crippen LogP contribution in [0.25, 0.3) is 0 Å². The molecule has 0 aliphatic heterocycles. The molecule has 0 fully saturated rings. The first-order chi connectivity index (χ1) is 9.68. The molecule has 21 heavy (non-hydrogen) atoms. The quantitative estimate of drug-likeness (QED) is 0.772. The summed E-state index contributed by atoms with van der Waals surface area (Å²) in [6.07, 6.45) is 0.574. The number of nitrogens with one attached hydrogen (secondary N) is 1. The highest BCUT2D eigenvalue weighted by Crippen LogP contribution is 2.26. The lowest BCUT2D eigenvalue weighted by molar-refractivity contribution is 0.0244. The van der Waals surface area contributed by atoms with E-state index in [4.69, 9.17) is 4.74 Å². The van der Waals surface area contributed by atoms with E-state index in [2.05, 4.69) is 39.9 Å². The number of rotatable bonds is 8. The predicted octanol–water partition coefficient (Wildman–Crippen LogP) is 3.37. The van der Waals surface area contributed by atoms with Gasteiger partial charge in [0.1, 0.15) is 0 Å². The van der Waals surface area contributed by atoms with Gasteiger partial charge in [-0.3, -0.25) is 0 Å². The second-order valence-corrected chi connectivity index (χ2v) is 7.66. The molecule has 3 heteroatoms. The third-order valence-corrected chi connectivity index (χ3v) is 3.21. The van der Waals surface area contributed by atoms with Gasteiger partial charge >= 0.3 is 0 Å². The summed E-state index contributed by atoms with van der Waals surface area (Å²) >= 11 is 0. The predicted molar refractivity (Wildman–Crippen MR) is 88.3 cm³/mol. The van der Waals surface area contributed by atoms with Gasteiger partial charge in [0.2, 0.25) is 0 Å². The van der Waals surface area contributed by atoms with E-state index < -0.39 is 6.10 Å². The first-order valence-electron chi connectivity index (χ1n) is 7.73. The fourth-order valence-corrected chi connectivity index (χ4v) is 2.73. The number of aliphatic hydroxyl groups is 1. The molecular weight excluding hydrogens is 262 g/mol. The standard InChI is InChI=1S/C18H31NO2/c1-17(2,3)14-18(4,5)19-11-16(20)13-21-12-15-9-7-6-8-10-15/h6-10,16,19-20H,11-14H2,1-5H3/t16-/m1/s1. The highest BCUT2D eigenvalue weighted by Gasteiger charge is 2.25. The SMILES string of the molecule is CC(C)(C)CC(C)(C)NC[C@@H](O)COCc1ccccc1. The molecule has 0 amide bonds. The Morgan fingerprint density at radius 3 is 2.29 bits per heavy atom. The van der Waals surface area contributed by atoms with Gasteiger partial charge in [-0.1, -0.05) is 51.1 Å². The highest BCUT2D eigenvalue weighted by molar-refractivity contribution is 5.13. The maximum Gasteiger partial charge on any atom is 0.0898 e. The van der Waals surface area contributed by atoms with Gasteiger partial charge in [-0.2, -0.15) is 0 Å². The maximum atomic E-state index is 10.0. The van der Waals surface area contributed by atoms with Crippen LogP contribution in [0.4, 0.5) is 0 Å². The third kappa shape index (κ3) is 8.86. The fourth-order valence-electron chi connectivity index (χ4n) is 2.73. The second kappa shape index (κ2) is 7.92. The number of benzene rings is 1. The van der Waals surface area contributed by atoms with Gasteiger partial charge in [-0.05, 0) is 31.2 Å². The van der Waals surface area contributed by atoms with Crippen LogP contribution in [0.2, 0.25) is 0 Å². The zero-order valence-corrected chi connectivity index (χ0v) is 14.1. The van der Waals surface area contributed by atoms with Gasteiger partial charge in [0, 0.05) is 12.1 Å². The van der Waals surface area contributed by atoms with E-state index in [1.54, 1.807) is 0 Å². The average molecular weight is 293 g/mol. The number of aliphatic hydroxyl groups excluding tert-OH is 1. The van der Waals surface area contributed by atoms with Crippen molar-refractivity contribution in [2.45, 2.75) is 59.3 Å². The molecule has 0 saturated carbocycles. The summed E-state index contributed by atoms with van der Waals surface area (Å²) in [5.41, 5.74) is 1.41. The van der Waals surface area contributed by atoms with Crippen LogP contribution >= 0.6 is 0 Å². The molecule has 2 N–H and O–H groups in total. The summed E-state index contributed by atoms with van der Waals surface area (Å²) in [4.78, 5) is 0. The van der Waals surface area contributed by atoms with Crippen molar-refractivity contribution in [1.82, 2.24) is 5.32 Å². The number of hydrogen-bond acceptors (Lipinski definition) is 3. The molecule has 0 aromatic heterocycles. The monoisotopic (exact) mass is 293 g/mol. The van der Waals surface area contributed by atoms with Crippen LogP contribution < -0.4 is 5.32 Å². The molecule has 1 aromatic rings. The van der Waals surface area contributed by atoms with Crippen molar-refractivity contribution >= 4 is 0 Å². The number of β-amino-alcohol motifs (C(OH)–C–C–N with tert-alkyl or cyclic N) is 1. The molecular formula is C18H31NO2. The molecule has 3 nitrogen and oxygen atoms in total. The Bertz CT molecular complexity index is 395. The summed E-state index contributed by atoms with van der Waals surface area (Å²) in [6, 6.07) is 10.0. The lowest BCUT2D eigenvalue weighted by atomic mass is 9.82. The van der Waals surface area contributed by atoms with Crippen molar-refractivity contribution in [3.05, 3.63) is 35.9 Å². The Balaban J connectivity index is 2.23. The van der Waals surface area contributed by atoms with Crippen LogP contribution in [-0.2, 0) is 11.3 Å². The van der Waals surface area contributed by atoms with Crippen LogP contribution in [0.3, 0.4) is 0 Å². The molecule has 1 aromatic carbocycles. The summed E-state index contributed by atoms with van der Waals surface area (Å²) in [6.45, 7) is 12.5. The largest absolute Gasteiger partial charge is 0.389 e. The Hall–Kier alpha value is -0.900. The van der Waals surface area contributed by atoms with Crippen LogP contribution in [0.15, 0.2) is 30.3 Å². The van der Waals surface area contributed by atoms with Gasteiger partial charge in [-0.15, -0.1) is 0 Å².